The summed E-state index contributed by atoms with van der Waals surface area (Å²) < 4.78 is 27.0. The van der Waals surface area contributed by atoms with E-state index in [2.05, 4.69) is 12.1 Å². The van der Waals surface area contributed by atoms with Gasteiger partial charge in [0.2, 0.25) is 5.75 Å². The fourth-order valence-corrected chi connectivity index (χ4v) is 4.05. The fraction of sp³-hybridized carbons (Fsp3) is 0.310. The van der Waals surface area contributed by atoms with Gasteiger partial charge in [0, 0.05) is 18.7 Å². The van der Waals surface area contributed by atoms with E-state index < -0.39 is 12.6 Å². The van der Waals surface area contributed by atoms with Gasteiger partial charge in [0.05, 0.1) is 28.4 Å². The third-order valence-corrected chi connectivity index (χ3v) is 5.89. The van der Waals surface area contributed by atoms with Crippen LogP contribution in [0.3, 0.4) is 0 Å². The summed E-state index contributed by atoms with van der Waals surface area (Å²) in [5.41, 5.74) is 2.32. The van der Waals surface area contributed by atoms with Gasteiger partial charge in [-0.3, -0.25) is 4.79 Å². The molecule has 0 atom stereocenters. The van der Waals surface area contributed by atoms with E-state index in [1.807, 2.05) is 24.3 Å². The summed E-state index contributed by atoms with van der Waals surface area (Å²) in [5.74, 6) is 0.538. The minimum atomic E-state index is -1.10. The predicted molar refractivity (Wildman–Crippen MR) is 142 cm³/mol. The Balaban J connectivity index is 1.91. The Morgan fingerprint density at radius 1 is 0.763 bits per heavy atom. The lowest BCUT2D eigenvalue weighted by atomic mass is 10.1. The van der Waals surface area contributed by atoms with E-state index in [0.717, 1.165) is 18.4 Å². The number of aliphatic carboxylic acids is 1. The monoisotopic (exact) mass is 523 g/mol. The van der Waals surface area contributed by atoms with Crippen LogP contribution in [0.15, 0.2) is 60.7 Å². The third-order valence-electron chi connectivity index (χ3n) is 5.89. The van der Waals surface area contributed by atoms with Gasteiger partial charge in [-0.05, 0) is 48.2 Å². The average molecular weight is 524 g/mol. The van der Waals surface area contributed by atoms with Gasteiger partial charge in [-0.1, -0.05) is 36.4 Å². The highest BCUT2D eigenvalue weighted by molar-refractivity contribution is 5.95. The van der Waals surface area contributed by atoms with Crippen molar-refractivity contribution in [3.05, 3.63) is 77.4 Å². The van der Waals surface area contributed by atoms with E-state index in [9.17, 15) is 9.59 Å². The van der Waals surface area contributed by atoms with Crippen LogP contribution in [-0.4, -0.2) is 63.5 Å². The first kappa shape index (κ1) is 28.2. The molecule has 0 radical (unpaired) electrons. The fourth-order valence-electron chi connectivity index (χ4n) is 4.05. The normalized spacial score (nSPS) is 10.4. The summed E-state index contributed by atoms with van der Waals surface area (Å²) in [6, 6.07) is 18.5. The van der Waals surface area contributed by atoms with Crippen LogP contribution in [0.1, 0.15) is 27.9 Å². The molecule has 0 saturated heterocycles. The second-order valence-corrected chi connectivity index (χ2v) is 8.40. The van der Waals surface area contributed by atoms with Crippen LogP contribution in [0, 0.1) is 0 Å². The number of benzene rings is 3. The van der Waals surface area contributed by atoms with Crippen molar-refractivity contribution in [2.24, 2.45) is 0 Å². The summed E-state index contributed by atoms with van der Waals surface area (Å²) in [6.45, 7) is 0.227. The largest absolute Gasteiger partial charge is 0.493 e. The van der Waals surface area contributed by atoms with Crippen molar-refractivity contribution in [2.45, 2.75) is 19.4 Å². The maximum absolute atomic E-state index is 13.8. The predicted octanol–water partition coefficient (Wildman–Crippen LogP) is 4.46. The van der Waals surface area contributed by atoms with Crippen molar-refractivity contribution in [2.75, 3.05) is 41.6 Å². The molecule has 0 saturated carbocycles. The maximum Gasteiger partial charge on any atom is 0.341 e. The van der Waals surface area contributed by atoms with Crippen molar-refractivity contribution in [3.8, 4) is 28.7 Å². The van der Waals surface area contributed by atoms with Crippen molar-refractivity contribution < 1.29 is 38.4 Å². The number of amides is 1. The molecule has 9 nitrogen and oxygen atoms in total. The van der Waals surface area contributed by atoms with Crippen molar-refractivity contribution in [1.82, 2.24) is 4.90 Å². The summed E-state index contributed by atoms with van der Waals surface area (Å²) in [7, 11) is 5.98. The highest BCUT2D eigenvalue weighted by Crippen LogP contribution is 2.38. The number of aryl methyl sites for hydroxylation is 1. The van der Waals surface area contributed by atoms with Crippen molar-refractivity contribution in [1.29, 1.82) is 0 Å². The Morgan fingerprint density at radius 2 is 1.42 bits per heavy atom. The zero-order chi connectivity index (χ0) is 27.5. The quantitative estimate of drug-likeness (QED) is 0.330. The average Bonchev–Trinajstić information content (AvgIpc) is 2.94. The zero-order valence-corrected chi connectivity index (χ0v) is 22.1. The number of carboxylic acid groups (broad SMARTS) is 1. The lowest BCUT2D eigenvalue weighted by Crippen LogP contribution is -2.32. The Bertz CT molecular complexity index is 1200. The molecule has 1 amide bonds. The van der Waals surface area contributed by atoms with Gasteiger partial charge < -0.3 is 33.7 Å². The van der Waals surface area contributed by atoms with E-state index >= 15 is 0 Å². The highest BCUT2D eigenvalue weighted by atomic mass is 16.5. The number of nitrogens with zero attached hydrogens (tertiary/aromatic N) is 1. The lowest BCUT2D eigenvalue weighted by molar-refractivity contribution is -0.139. The second-order valence-electron chi connectivity index (χ2n) is 8.40. The highest BCUT2D eigenvalue weighted by Gasteiger charge is 2.22. The van der Waals surface area contributed by atoms with E-state index in [0.29, 0.717) is 35.1 Å². The molecule has 0 fully saturated rings. The molecule has 0 heterocycles. The molecule has 3 rings (SSSR count). The number of ether oxygens (including phenoxy) is 5. The Hall–Kier alpha value is -4.40. The first-order chi connectivity index (χ1) is 18.4. The lowest BCUT2D eigenvalue weighted by Gasteiger charge is -2.24. The van der Waals surface area contributed by atoms with Crippen LogP contribution in [-0.2, 0) is 17.8 Å². The molecular weight excluding hydrogens is 490 g/mol. The molecule has 1 N–H and O–H groups in total. The zero-order valence-electron chi connectivity index (χ0n) is 22.1. The Labute approximate surface area is 222 Å². The van der Waals surface area contributed by atoms with Gasteiger partial charge in [-0.25, -0.2) is 4.79 Å². The maximum atomic E-state index is 13.8. The summed E-state index contributed by atoms with van der Waals surface area (Å²) in [5, 5.41) is 9.02. The van der Waals surface area contributed by atoms with Crippen LogP contribution in [0.25, 0.3) is 0 Å². The molecule has 0 aliphatic heterocycles. The molecule has 0 spiro atoms. The minimum Gasteiger partial charge on any atom is -0.493 e. The summed E-state index contributed by atoms with van der Waals surface area (Å²) >= 11 is 0. The minimum absolute atomic E-state index is 0.221. The molecule has 3 aromatic rings. The first-order valence-electron chi connectivity index (χ1n) is 12.0. The van der Waals surface area contributed by atoms with Gasteiger partial charge in [0.25, 0.3) is 5.91 Å². The molecule has 0 unspecified atom stereocenters. The van der Waals surface area contributed by atoms with E-state index in [-0.39, 0.29) is 18.2 Å². The molecule has 202 valence electrons. The SMILES string of the molecule is COc1ccc(CN(CCCc2ccccc2)C(=O)c2cc(OC)c(OC)c(OC)c2)cc1OCC(=O)O. The van der Waals surface area contributed by atoms with Gasteiger partial charge in [-0.2, -0.15) is 0 Å². The van der Waals surface area contributed by atoms with Crippen LogP contribution in [0.2, 0.25) is 0 Å². The molecular formula is C29H33NO8. The number of methoxy groups -OCH3 is 4. The number of rotatable bonds is 14. The van der Waals surface area contributed by atoms with Crippen molar-refractivity contribution in [3.63, 3.8) is 0 Å². The number of hydrogen-bond acceptors (Lipinski definition) is 7. The van der Waals surface area contributed by atoms with Crippen LogP contribution in [0.5, 0.6) is 28.7 Å². The topological polar surface area (TPSA) is 104 Å². The van der Waals surface area contributed by atoms with Crippen molar-refractivity contribution >= 4 is 11.9 Å². The molecule has 0 aliphatic carbocycles. The second kappa shape index (κ2) is 13.8. The molecule has 3 aromatic carbocycles. The van der Waals surface area contributed by atoms with Crippen LogP contribution < -0.4 is 23.7 Å². The summed E-state index contributed by atoms with van der Waals surface area (Å²) in [6.07, 6.45) is 1.54. The van der Waals surface area contributed by atoms with Crippen LogP contribution in [0.4, 0.5) is 0 Å². The molecule has 0 bridgehead atoms. The smallest absolute Gasteiger partial charge is 0.341 e. The van der Waals surface area contributed by atoms with E-state index in [1.54, 1.807) is 29.2 Å². The molecule has 38 heavy (non-hydrogen) atoms. The Kier molecular flexibility index (Phi) is 10.2. The molecule has 9 heteroatoms. The number of hydrogen-bond donors (Lipinski definition) is 1. The van der Waals surface area contributed by atoms with E-state index in [1.165, 1.54) is 34.0 Å². The number of carboxylic acids is 1. The Morgan fingerprint density at radius 3 is 2.00 bits per heavy atom. The third kappa shape index (κ3) is 7.32. The molecule has 0 aliphatic rings. The van der Waals surface area contributed by atoms with Gasteiger partial charge in [-0.15, -0.1) is 0 Å². The van der Waals surface area contributed by atoms with Gasteiger partial charge in [0.15, 0.2) is 29.6 Å². The summed E-state index contributed by atoms with van der Waals surface area (Å²) in [4.78, 5) is 26.5. The van der Waals surface area contributed by atoms with Gasteiger partial charge >= 0.3 is 5.97 Å². The first-order valence-corrected chi connectivity index (χ1v) is 12.0. The number of carbonyl (C=O) groups is 2. The van der Waals surface area contributed by atoms with E-state index in [4.69, 9.17) is 28.8 Å². The standard InChI is InChI=1S/C29H33NO8/c1-34-23-13-12-21(15-24(23)38-19-27(31)32)18-30(14-8-11-20-9-6-5-7-10-20)29(33)22-16-25(35-2)28(37-4)26(17-22)36-3/h5-7,9-10,12-13,15-17H,8,11,14,18-19H2,1-4H3,(H,31,32). The number of carbonyl (C=O) groups excluding carboxylic acids is 1. The molecule has 0 aromatic heterocycles. The van der Waals surface area contributed by atoms with Crippen LogP contribution >= 0.6 is 0 Å². The van der Waals surface area contributed by atoms with Gasteiger partial charge in [0.1, 0.15) is 0 Å².